The highest BCUT2D eigenvalue weighted by atomic mass is 35.5. The molecule has 3 rings (SSSR count). The fourth-order valence-corrected chi connectivity index (χ4v) is 4.93. The predicted molar refractivity (Wildman–Crippen MR) is 137 cm³/mol. The molecule has 0 atom stereocenters. The van der Waals surface area contributed by atoms with Crippen molar-refractivity contribution >= 4 is 74.7 Å². The molecule has 1 aromatic heterocycles. The van der Waals surface area contributed by atoms with Crippen molar-refractivity contribution in [3.05, 3.63) is 63.0 Å². The second-order valence-corrected chi connectivity index (χ2v) is 10.4. The minimum atomic E-state index is -0.381. The molecule has 10 heteroatoms. The van der Waals surface area contributed by atoms with Crippen LogP contribution in [-0.4, -0.2) is 29.1 Å². The summed E-state index contributed by atoms with van der Waals surface area (Å²) in [5.74, 6) is 0.189. The SMILES string of the molecule is CC(C)CCOC(=O)CSc1cccc(Nc2nc(N)c(C(=O)c3c(Cl)cccc3Cl)s2)c1. The number of nitrogens with zero attached hydrogens (tertiary/aromatic N) is 1. The van der Waals surface area contributed by atoms with Crippen LogP contribution in [0.1, 0.15) is 35.5 Å². The summed E-state index contributed by atoms with van der Waals surface area (Å²) in [5.41, 5.74) is 6.94. The van der Waals surface area contributed by atoms with E-state index < -0.39 is 0 Å². The molecule has 0 aliphatic carbocycles. The first kappa shape index (κ1) is 25.4. The van der Waals surface area contributed by atoms with Gasteiger partial charge in [0, 0.05) is 10.6 Å². The molecule has 0 fully saturated rings. The number of ketones is 1. The van der Waals surface area contributed by atoms with E-state index in [1.165, 1.54) is 11.8 Å². The quantitative estimate of drug-likeness (QED) is 0.173. The van der Waals surface area contributed by atoms with Crippen molar-refractivity contribution in [2.45, 2.75) is 25.2 Å². The number of thiazole rings is 1. The number of anilines is 3. The van der Waals surface area contributed by atoms with Gasteiger partial charge in [0.05, 0.1) is 28.0 Å². The number of halogens is 2. The van der Waals surface area contributed by atoms with Gasteiger partial charge in [0.1, 0.15) is 10.7 Å². The van der Waals surface area contributed by atoms with E-state index in [9.17, 15) is 9.59 Å². The van der Waals surface area contributed by atoms with Crippen LogP contribution in [0, 0.1) is 5.92 Å². The topological polar surface area (TPSA) is 94.3 Å². The maximum atomic E-state index is 12.9. The highest BCUT2D eigenvalue weighted by molar-refractivity contribution is 8.00. The van der Waals surface area contributed by atoms with Crippen molar-refractivity contribution in [3.63, 3.8) is 0 Å². The first-order chi connectivity index (χ1) is 15.7. The number of thioether (sulfide) groups is 1. The average Bonchev–Trinajstić information content (AvgIpc) is 3.12. The Bertz CT molecular complexity index is 1130. The Morgan fingerprint density at radius 1 is 1.18 bits per heavy atom. The second kappa shape index (κ2) is 11.7. The van der Waals surface area contributed by atoms with Gasteiger partial charge < -0.3 is 15.8 Å². The van der Waals surface area contributed by atoms with E-state index >= 15 is 0 Å². The Kier molecular flexibility index (Phi) is 9.02. The molecule has 6 nitrogen and oxygen atoms in total. The summed E-state index contributed by atoms with van der Waals surface area (Å²) in [6, 6.07) is 12.4. The third-order valence-electron chi connectivity index (χ3n) is 4.45. The molecule has 1 heterocycles. The number of benzene rings is 2. The zero-order valence-corrected chi connectivity index (χ0v) is 21.2. The molecule has 0 bridgehead atoms. The Labute approximate surface area is 210 Å². The lowest BCUT2D eigenvalue weighted by Crippen LogP contribution is -2.09. The van der Waals surface area contributed by atoms with Crippen molar-refractivity contribution in [1.82, 2.24) is 4.98 Å². The van der Waals surface area contributed by atoms with E-state index in [-0.39, 0.29) is 43.8 Å². The van der Waals surface area contributed by atoms with Crippen LogP contribution in [0.4, 0.5) is 16.6 Å². The van der Waals surface area contributed by atoms with Gasteiger partial charge in [-0.25, -0.2) is 4.98 Å². The van der Waals surface area contributed by atoms with Crippen LogP contribution in [0.25, 0.3) is 0 Å². The highest BCUT2D eigenvalue weighted by Crippen LogP contribution is 2.34. The number of nitrogen functional groups attached to an aromatic ring is 1. The van der Waals surface area contributed by atoms with Crippen molar-refractivity contribution in [1.29, 1.82) is 0 Å². The van der Waals surface area contributed by atoms with Crippen LogP contribution in [0.5, 0.6) is 0 Å². The van der Waals surface area contributed by atoms with Gasteiger partial charge in [-0.15, -0.1) is 11.8 Å². The lowest BCUT2D eigenvalue weighted by Gasteiger charge is -2.08. The molecular weight excluding hydrogens is 501 g/mol. The molecule has 0 saturated heterocycles. The summed E-state index contributed by atoms with van der Waals surface area (Å²) < 4.78 is 5.24. The maximum absolute atomic E-state index is 12.9. The van der Waals surface area contributed by atoms with Gasteiger partial charge in [0.2, 0.25) is 5.78 Å². The minimum Gasteiger partial charge on any atom is -0.465 e. The van der Waals surface area contributed by atoms with E-state index in [0.29, 0.717) is 17.7 Å². The van der Waals surface area contributed by atoms with E-state index in [1.54, 1.807) is 18.2 Å². The first-order valence-electron chi connectivity index (χ1n) is 10.1. The summed E-state index contributed by atoms with van der Waals surface area (Å²) in [6.07, 6.45) is 0.847. The van der Waals surface area contributed by atoms with Crippen LogP contribution in [-0.2, 0) is 9.53 Å². The summed E-state index contributed by atoms with van der Waals surface area (Å²) in [7, 11) is 0. The van der Waals surface area contributed by atoms with Crippen LogP contribution >= 0.6 is 46.3 Å². The number of ether oxygens (including phenoxy) is 1. The molecule has 3 aromatic rings. The zero-order valence-electron chi connectivity index (χ0n) is 18.1. The van der Waals surface area contributed by atoms with Gasteiger partial charge in [0.15, 0.2) is 5.13 Å². The van der Waals surface area contributed by atoms with Gasteiger partial charge in [-0.2, -0.15) is 0 Å². The van der Waals surface area contributed by atoms with Gasteiger partial charge in [-0.05, 0) is 42.7 Å². The zero-order chi connectivity index (χ0) is 24.0. The van der Waals surface area contributed by atoms with Crippen LogP contribution < -0.4 is 11.1 Å². The monoisotopic (exact) mass is 523 g/mol. The molecule has 0 aliphatic heterocycles. The van der Waals surface area contributed by atoms with Crippen LogP contribution in [0.2, 0.25) is 10.0 Å². The Morgan fingerprint density at radius 3 is 2.58 bits per heavy atom. The number of nitrogens with one attached hydrogen (secondary N) is 1. The molecule has 0 spiro atoms. The maximum Gasteiger partial charge on any atom is 0.316 e. The molecule has 0 aliphatic rings. The number of rotatable bonds is 10. The number of carbonyl (C=O) groups excluding carboxylic acids is 2. The smallest absolute Gasteiger partial charge is 0.316 e. The largest absolute Gasteiger partial charge is 0.465 e. The number of hydrogen-bond donors (Lipinski definition) is 2. The molecule has 2 aromatic carbocycles. The molecule has 0 amide bonds. The minimum absolute atomic E-state index is 0.0955. The summed E-state index contributed by atoms with van der Waals surface area (Å²) in [6.45, 7) is 4.61. The summed E-state index contributed by atoms with van der Waals surface area (Å²) >= 11 is 14.8. The molecule has 33 heavy (non-hydrogen) atoms. The first-order valence-corrected chi connectivity index (χ1v) is 12.7. The molecule has 0 radical (unpaired) electrons. The van der Waals surface area contributed by atoms with Crippen LogP contribution in [0.15, 0.2) is 47.4 Å². The summed E-state index contributed by atoms with van der Waals surface area (Å²) in [5, 5.41) is 4.11. The number of nitrogens with two attached hydrogens (primary N) is 1. The van der Waals surface area contributed by atoms with Crippen molar-refractivity contribution in [2.24, 2.45) is 5.92 Å². The number of hydrogen-bond acceptors (Lipinski definition) is 8. The van der Waals surface area contributed by atoms with E-state index in [0.717, 1.165) is 28.3 Å². The lowest BCUT2D eigenvalue weighted by molar-refractivity contribution is -0.140. The van der Waals surface area contributed by atoms with Gasteiger partial charge in [-0.3, -0.25) is 9.59 Å². The fraction of sp³-hybridized carbons (Fsp3) is 0.261. The third-order valence-corrected chi connectivity index (χ3v) is 7.03. The Hall–Kier alpha value is -2.26. The van der Waals surface area contributed by atoms with Crippen LogP contribution in [0.3, 0.4) is 0 Å². The number of esters is 1. The second-order valence-electron chi connectivity index (χ2n) is 7.50. The molecular formula is C23H23Cl2N3O3S2. The molecule has 0 unspecified atom stereocenters. The van der Waals surface area contributed by atoms with Crippen molar-refractivity contribution in [3.8, 4) is 0 Å². The third kappa shape index (κ3) is 7.11. The number of carbonyl (C=O) groups is 2. The molecule has 174 valence electrons. The summed E-state index contributed by atoms with van der Waals surface area (Å²) in [4.78, 5) is 30.3. The van der Waals surface area contributed by atoms with E-state index in [4.69, 9.17) is 33.7 Å². The normalized spacial score (nSPS) is 10.9. The van der Waals surface area contributed by atoms with Crippen molar-refractivity contribution in [2.75, 3.05) is 23.4 Å². The lowest BCUT2D eigenvalue weighted by atomic mass is 10.1. The van der Waals surface area contributed by atoms with Gasteiger partial charge >= 0.3 is 5.97 Å². The van der Waals surface area contributed by atoms with Gasteiger partial charge in [-0.1, -0.05) is 60.5 Å². The standard InChI is InChI=1S/C23H23Cl2N3O3S2/c1-13(2)9-10-31-18(29)12-32-15-6-3-5-14(11-15)27-23-28-22(26)21(33-23)20(30)19-16(24)7-4-8-17(19)25/h3-8,11,13H,9-10,12,26H2,1-2H3,(H,27,28). The van der Waals surface area contributed by atoms with E-state index in [1.807, 2.05) is 24.3 Å². The van der Waals surface area contributed by atoms with Crippen molar-refractivity contribution < 1.29 is 14.3 Å². The number of aromatic nitrogens is 1. The fourth-order valence-electron chi connectivity index (χ4n) is 2.76. The predicted octanol–water partition coefficient (Wildman–Crippen LogP) is 6.69. The molecule has 3 N–H and O–H groups in total. The van der Waals surface area contributed by atoms with Gasteiger partial charge in [0.25, 0.3) is 0 Å². The van der Waals surface area contributed by atoms with E-state index in [2.05, 4.69) is 24.1 Å². The molecule has 0 saturated carbocycles. The average molecular weight is 524 g/mol. The Balaban J connectivity index is 1.65. The highest BCUT2D eigenvalue weighted by Gasteiger charge is 2.22. The Morgan fingerprint density at radius 2 is 1.88 bits per heavy atom.